The first-order valence-corrected chi connectivity index (χ1v) is 10.0. The molecule has 1 aliphatic heterocycles. The van der Waals surface area contributed by atoms with Crippen LogP contribution in [0.15, 0.2) is 54.5 Å². The lowest BCUT2D eigenvalue weighted by Gasteiger charge is -2.32. The molecule has 134 valence electrons. The van der Waals surface area contributed by atoms with Gasteiger partial charge in [-0.05, 0) is 57.5 Å². The number of allylic oxidation sites excluding steroid dienone is 4. The Morgan fingerprint density at radius 3 is 2.20 bits per heavy atom. The molecule has 0 amide bonds. The van der Waals surface area contributed by atoms with E-state index in [1.165, 1.54) is 16.7 Å². The lowest BCUT2D eigenvalue weighted by atomic mass is 9.79. The molecule has 0 aliphatic carbocycles. The molecule has 0 radical (unpaired) electrons. The van der Waals surface area contributed by atoms with E-state index in [2.05, 4.69) is 77.8 Å². The maximum atomic E-state index is 6.03. The second-order valence-electron chi connectivity index (χ2n) is 7.51. The van der Waals surface area contributed by atoms with Crippen molar-refractivity contribution in [1.82, 2.24) is 0 Å². The maximum Gasteiger partial charge on any atom is 0.494 e. The van der Waals surface area contributed by atoms with Crippen LogP contribution in [0.25, 0.3) is 5.57 Å². The molecule has 0 aromatic heterocycles. The molecule has 0 atom stereocenters. The molecule has 0 bridgehead atoms. The van der Waals surface area contributed by atoms with Crippen LogP contribution in [-0.2, 0) is 9.31 Å². The normalized spacial score (nSPS) is 19.6. The Bertz CT molecular complexity index is 656. The fourth-order valence-corrected chi connectivity index (χ4v) is 3.09. The topological polar surface area (TPSA) is 18.5 Å². The van der Waals surface area contributed by atoms with Crippen LogP contribution in [-0.4, -0.2) is 30.3 Å². The molecule has 2 rings (SSSR count). The van der Waals surface area contributed by atoms with E-state index in [-0.39, 0.29) is 11.2 Å². The molecule has 4 heteroatoms. The van der Waals surface area contributed by atoms with Gasteiger partial charge in [0, 0.05) is 5.75 Å². The summed E-state index contributed by atoms with van der Waals surface area (Å²) < 4.78 is 12.1. The summed E-state index contributed by atoms with van der Waals surface area (Å²) in [5.74, 6) is 0.969. The fourth-order valence-electron chi connectivity index (χ4n) is 2.51. The summed E-state index contributed by atoms with van der Waals surface area (Å²) in [4.78, 5) is 0. The molecule has 25 heavy (non-hydrogen) atoms. The quantitative estimate of drug-likeness (QED) is 0.496. The highest BCUT2D eigenvalue weighted by Gasteiger charge is 2.51. The molecule has 1 heterocycles. The van der Waals surface area contributed by atoms with Gasteiger partial charge in [-0.1, -0.05) is 54.6 Å². The fraction of sp³-hybridized carbons (Fsp3) is 0.429. The van der Waals surface area contributed by atoms with Gasteiger partial charge >= 0.3 is 7.12 Å². The zero-order valence-corrected chi connectivity index (χ0v) is 17.1. The van der Waals surface area contributed by atoms with E-state index in [1.807, 2.05) is 23.9 Å². The van der Waals surface area contributed by atoms with Crippen LogP contribution >= 0.6 is 11.8 Å². The van der Waals surface area contributed by atoms with Crippen molar-refractivity contribution in [2.45, 2.75) is 45.8 Å². The molecule has 0 N–H and O–H groups in total. The highest BCUT2D eigenvalue weighted by Crippen LogP contribution is 2.38. The van der Waals surface area contributed by atoms with Crippen LogP contribution in [0.1, 0.15) is 38.8 Å². The standard InChI is InChI=1S/C21H29BO2S/c1-16-11-13-18(14-12-16)19(15-25-7)10-8-9-17(2)22-23-20(3,4)21(5,6)24-22/h8-14H,2,15H2,1,3-7H3/b9-8-,19-10+. The van der Waals surface area contributed by atoms with Crippen molar-refractivity contribution in [3.05, 3.63) is 65.7 Å². The monoisotopic (exact) mass is 356 g/mol. The first kappa shape index (κ1) is 20.1. The molecule has 2 nitrogen and oxygen atoms in total. The van der Waals surface area contributed by atoms with Gasteiger partial charge in [0.05, 0.1) is 11.2 Å². The van der Waals surface area contributed by atoms with Crippen molar-refractivity contribution >= 4 is 24.5 Å². The number of rotatable bonds is 6. The van der Waals surface area contributed by atoms with Crippen LogP contribution < -0.4 is 0 Å². The zero-order valence-electron chi connectivity index (χ0n) is 16.3. The average molecular weight is 356 g/mol. The molecular formula is C21H29BO2S. The summed E-state index contributed by atoms with van der Waals surface area (Å²) in [6, 6.07) is 8.65. The number of hydrogen-bond donors (Lipinski definition) is 0. The predicted octanol–water partition coefficient (Wildman–Crippen LogP) is 5.49. The van der Waals surface area contributed by atoms with Crippen LogP contribution in [0.2, 0.25) is 0 Å². The first-order valence-electron chi connectivity index (χ1n) is 8.64. The van der Waals surface area contributed by atoms with Gasteiger partial charge in [-0.3, -0.25) is 0 Å². The van der Waals surface area contributed by atoms with Gasteiger partial charge in [0.2, 0.25) is 0 Å². The molecule has 1 aliphatic rings. The van der Waals surface area contributed by atoms with Crippen molar-refractivity contribution in [3.8, 4) is 0 Å². The molecule has 0 spiro atoms. The third-order valence-electron chi connectivity index (χ3n) is 4.89. The summed E-state index contributed by atoms with van der Waals surface area (Å²) in [6.07, 6.45) is 8.29. The van der Waals surface area contributed by atoms with Crippen LogP contribution in [0.5, 0.6) is 0 Å². The number of thioether (sulfide) groups is 1. The van der Waals surface area contributed by atoms with Gasteiger partial charge in [-0.25, -0.2) is 0 Å². The van der Waals surface area contributed by atoms with E-state index in [9.17, 15) is 0 Å². The third-order valence-corrected chi connectivity index (χ3v) is 5.49. The van der Waals surface area contributed by atoms with E-state index < -0.39 is 7.12 Å². The molecule has 1 saturated heterocycles. The average Bonchev–Trinajstić information content (AvgIpc) is 2.75. The smallest absolute Gasteiger partial charge is 0.399 e. The second-order valence-corrected chi connectivity index (χ2v) is 8.38. The van der Waals surface area contributed by atoms with E-state index in [0.717, 1.165) is 11.2 Å². The van der Waals surface area contributed by atoms with Crippen LogP contribution in [0, 0.1) is 6.92 Å². The minimum Gasteiger partial charge on any atom is -0.399 e. The summed E-state index contributed by atoms with van der Waals surface area (Å²) >= 11 is 1.82. The summed E-state index contributed by atoms with van der Waals surface area (Å²) in [7, 11) is -0.391. The highest BCUT2D eigenvalue weighted by atomic mass is 32.2. The minimum atomic E-state index is -0.391. The number of hydrogen-bond acceptors (Lipinski definition) is 3. The van der Waals surface area contributed by atoms with Gasteiger partial charge in [-0.15, -0.1) is 0 Å². The van der Waals surface area contributed by atoms with Gasteiger partial charge in [0.25, 0.3) is 0 Å². The number of aryl methyl sites for hydroxylation is 1. The minimum absolute atomic E-state index is 0.337. The highest BCUT2D eigenvalue weighted by molar-refractivity contribution is 7.99. The molecule has 1 aromatic rings. The lowest BCUT2D eigenvalue weighted by molar-refractivity contribution is 0.00578. The Hall–Kier alpha value is -1.23. The summed E-state index contributed by atoms with van der Waals surface area (Å²) in [5, 5.41) is 0. The van der Waals surface area contributed by atoms with Crippen molar-refractivity contribution in [2.24, 2.45) is 0 Å². The van der Waals surface area contributed by atoms with Crippen LogP contribution in [0.4, 0.5) is 0 Å². The molecule has 0 saturated carbocycles. The first-order chi connectivity index (χ1) is 11.7. The van der Waals surface area contributed by atoms with Gasteiger partial charge in [0.15, 0.2) is 0 Å². The number of benzene rings is 1. The lowest BCUT2D eigenvalue weighted by Crippen LogP contribution is -2.41. The molecule has 1 fully saturated rings. The van der Waals surface area contributed by atoms with Gasteiger partial charge < -0.3 is 9.31 Å². The van der Waals surface area contributed by atoms with Gasteiger partial charge in [0.1, 0.15) is 0 Å². The largest absolute Gasteiger partial charge is 0.494 e. The Morgan fingerprint density at radius 2 is 1.68 bits per heavy atom. The van der Waals surface area contributed by atoms with Crippen molar-refractivity contribution in [2.75, 3.05) is 12.0 Å². The zero-order chi connectivity index (χ0) is 18.7. The van der Waals surface area contributed by atoms with E-state index in [4.69, 9.17) is 9.31 Å². The van der Waals surface area contributed by atoms with E-state index >= 15 is 0 Å². The van der Waals surface area contributed by atoms with Gasteiger partial charge in [-0.2, -0.15) is 11.8 Å². The Labute approximate surface area is 157 Å². The SMILES string of the molecule is C=C(/C=C\C=C(/CSC)c1ccc(C)cc1)B1OC(C)(C)C(C)(C)O1. The molecular weight excluding hydrogens is 327 g/mol. The molecule has 0 unspecified atom stereocenters. The Morgan fingerprint density at radius 1 is 1.12 bits per heavy atom. The Kier molecular flexibility index (Phi) is 6.42. The summed E-state index contributed by atoms with van der Waals surface area (Å²) in [5.41, 5.74) is 3.99. The maximum absolute atomic E-state index is 6.03. The van der Waals surface area contributed by atoms with E-state index in [1.54, 1.807) is 0 Å². The van der Waals surface area contributed by atoms with Crippen LogP contribution in [0.3, 0.4) is 0 Å². The summed E-state index contributed by atoms with van der Waals surface area (Å²) in [6.45, 7) is 14.4. The predicted molar refractivity (Wildman–Crippen MR) is 112 cm³/mol. The van der Waals surface area contributed by atoms with Crippen molar-refractivity contribution in [1.29, 1.82) is 0 Å². The van der Waals surface area contributed by atoms with Crippen molar-refractivity contribution in [3.63, 3.8) is 0 Å². The third kappa shape index (κ3) is 4.90. The van der Waals surface area contributed by atoms with E-state index in [0.29, 0.717) is 0 Å². The van der Waals surface area contributed by atoms with Crippen molar-refractivity contribution < 1.29 is 9.31 Å². The Balaban J connectivity index is 2.10. The molecule has 1 aromatic carbocycles. The second kappa shape index (κ2) is 7.98.